The normalized spacial score (nSPS) is 14.3. The van der Waals surface area contributed by atoms with E-state index in [4.69, 9.17) is 20.3 Å². The van der Waals surface area contributed by atoms with Gasteiger partial charge in [-0.3, -0.25) is 18.9 Å². The lowest BCUT2D eigenvalue weighted by Gasteiger charge is -2.23. The lowest BCUT2D eigenvalue weighted by atomic mass is 10.0. The molecule has 0 unspecified atom stereocenters. The maximum atomic E-state index is 13.0. The van der Waals surface area contributed by atoms with Crippen molar-refractivity contribution in [2.24, 2.45) is 5.73 Å². The van der Waals surface area contributed by atoms with E-state index in [-0.39, 0.29) is 31.4 Å². The summed E-state index contributed by atoms with van der Waals surface area (Å²) in [4.78, 5) is 54.9. The summed E-state index contributed by atoms with van der Waals surface area (Å²) in [7, 11) is -4.92. The molecule has 0 heterocycles. The molecule has 12 nitrogen and oxygen atoms in total. The van der Waals surface area contributed by atoms with Gasteiger partial charge in [-0.25, -0.2) is 4.57 Å². The molecule has 0 aliphatic rings. The fraction of sp³-hybridized carbons (Fsp3) is 0.771. The third kappa shape index (κ3) is 41.7. The predicted octanol–water partition coefficient (Wildman–Crippen LogP) is 11.6. The molecule has 0 rings (SSSR count). The molecule has 0 saturated heterocycles. The summed E-state index contributed by atoms with van der Waals surface area (Å²) in [5.74, 6) is -2.38. The molecule has 14 heteroatoms. The lowest BCUT2D eigenvalue weighted by Crippen LogP contribution is -2.40. The molecule has 6 N–H and O–H groups in total. The molecular formula is C48H86NO11PS. The van der Waals surface area contributed by atoms with Gasteiger partial charge in [0, 0.05) is 23.8 Å². The first-order chi connectivity index (χ1) is 29.9. The van der Waals surface area contributed by atoms with Gasteiger partial charge < -0.3 is 35.2 Å². The Hall–Kier alpha value is -2.25. The van der Waals surface area contributed by atoms with Crippen LogP contribution >= 0.6 is 19.6 Å². The van der Waals surface area contributed by atoms with Crippen LogP contribution in [-0.4, -0.2) is 80.4 Å². The van der Waals surface area contributed by atoms with Crippen molar-refractivity contribution in [2.45, 2.75) is 217 Å². The highest BCUT2D eigenvalue weighted by atomic mass is 32.2. The van der Waals surface area contributed by atoms with Gasteiger partial charge in [-0.1, -0.05) is 191 Å². The van der Waals surface area contributed by atoms with Crippen molar-refractivity contribution in [1.82, 2.24) is 0 Å². The van der Waals surface area contributed by atoms with Crippen molar-refractivity contribution in [3.05, 3.63) is 48.6 Å². The molecule has 0 aliphatic heterocycles. The number of aliphatic carboxylic acids is 1. The molecule has 0 radical (unpaired) electrons. The van der Waals surface area contributed by atoms with Gasteiger partial charge in [0.2, 0.25) is 0 Å². The van der Waals surface area contributed by atoms with Gasteiger partial charge in [-0.2, -0.15) is 0 Å². The molecule has 0 aliphatic carbocycles. The number of nitrogens with two attached hydrogens (primary N) is 1. The number of allylic oxidation sites excluding steroid dienone is 7. The van der Waals surface area contributed by atoms with E-state index in [0.717, 1.165) is 32.1 Å². The number of carboxylic acids is 1. The number of hydrogen-bond donors (Lipinski definition) is 5. The average molecular weight is 916 g/mol. The third-order valence-electron chi connectivity index (χ3n) is 10.4. The zero-order valence-electron chi connectivity index (χ0n) is 38.4. The van der Waals surface area contributed by atoms with Crippen molar-refractivity contribution in [3.8, 4) is 0 Å². The Balaban J connectivity index is 4.68. The molecule has 0 amide bonds. The quantitative estimate of drug-likeness (QED) is 0.0127. The molecule has 0 bridgehead atoms. The molecule has 0 aromatic rings. The van der Waals surface area contributed by atoms with Crippen LogP contribution < -0.4 is 5.73 Å². The van der Waals surface area contributed by atoms with Crippen LogP contribution in [-0.2, 0) is 32.9 Å². The standard InChI is InChI=1S/C48H86NO11PS/c1-3-5-7-9-11-13-15-17-18-19-20-21-22-23-25-27-29-31-33-38-47(53)58-39-42(40-59-61(55,56)57)60-48(54)43(49)41-62-45(44(50)35-34-37-46(51)52)36-32-30-28-26-24-16-14-12-10-8-6-4-2/h12,14,24,26,28,30,32,36,42-45,50H,3-11,13,15-23,25,27,29,31,33-35,37-41,49H2,1-2H3,(H,51,52)(H2,55,56,57)/b14-12-,26-24-,30-28+,36-32+/t42-,43+,44+,45-/m1/s1. The number of hydrogen-bond acceptors (Lipinski definition) is 10. The van der Waals surface area contributed by atoms with Crippen molar-refractivity contribution in [1.29, 1.82) is 0 Å². The SMILES string of the molecule is CCCCC/C=C\C\C=C/C=C/C=C/[C@@H](SC[C@H](N)C(=O)O[C@H](COC(=O)CCCCCCCCCCCCCCCCCCCCC)COP(=O)(O)O)[C@@H](O)CCCC(=O)O. The van der Waals surface area contributed by atoms with E-state index in [1.54, 1.807) is 12.2 Å². The summed E-state index contributed by atoms with van der Waals surface area (Å²) in [6, 6.07) is -1.20. The number of aliphatic hydroxyl groups is 1. The average Bonchev–Trinajstić information content (AvgIpc) is 3.23. The van der Waals surface area contributed by atoms with Gasteiger partial charge in [0.25, 0.3) is 0 Å². The Bertz CT molecular complexity index is 1270. The largest absolute Gasteiger partial charge is 0.481 e. The second kappa shape index (κ2) is 42.7. The van der Waals surface area contributed by atoms with Crippen LogP contribution in [0.25, 0.3) is 0 Å². The molecule has 0 aromatic carbocycles. The first kappa shape index (κ1) is 59.8. The number of phosphoric ester groups is 1. The van der Waals surface area contributed by atoms with Crippen molar-refractivity contribution in [3.63, 3.8) is 0 Å². The van der Waals surface area contributed by atoms with Gasteiger partial charge in [0.05, 0.1) is 12.7 Å². The number of phosphoric acid groups is 1. The van der Waals surface area contributed by atoms with Crippen LogP contribution in [0.1, 0.15) is 194 Å². The van der Waals surface area contributed by atoms with E-state index >= 15 is 0 Å². The van der Waals surface area contributed by atoms with E-state index in [9.17, 15) is 33.8 Å². The Morgan fingerprint density at radius 3 is 1.74 bits per heavy atom. The van der Waals surface area contributed by atoms with Gasteiger partial charge >= 0.3 is 25.7 Å². The number of carboxylic acid groups (broad SMARTS) is 1. The van der Waals surface area contributed by atoms with Crippen LogP contribution in [0.15, 0.2) is 48.6 Å². The van der Waals surface area contributed by atoms with Crippen LogP contribution in [0.5, 0.6) is 0 Å². The molecule has 4 atom stereocenters. The summed E-state index contributed by atoms with van der Waals surface area (Å²) in [6.45, 7) is 3.26. The van der Waals surface area contributed by atoms with Gasteiger partial charge in [0.15, 0.2) is 6.10 Å². The number of esters is 2. The summed E-state index contributed by atoms with van der Waals surface area (Å²) in [5, 5.41) is 19.4. The highest BCUT2D eigenvalue weighted by molar-refractivity contribution is 8.00. The molecule has 360 valence electrons. The second-order valence-electron chi connectivity index (χ2n) is 16.3. The summed E-state index contributed by atoms with van der Waals surface area (Å²) in [5.41, 5.74) is 6.13. The molecule has 0 spiro atoms. The minimum atomic E-state index is -4.92. The minimum Gasteiger partial charge on any atom is -0.481 e. The van der Waals surface area contributed by atoms with E-state index in [0.29, 0.717) is 6.42 Å². The highest BCUT2D eigenvalue weighted by Crippen LogP contribution is 2.36. The lowest BCUT2D eigenvalue weighted by molar-refractivity contribution is -0.161. The monoisotopic (exact) mass is 916 g/mol. The topological polar surface area (TPSA) is 203 Å². The number of carbonyl (C=O) groups is 3. The van der Waals surface area contributed by atoms with Crippen LogP contribution in [0.2, 0.25) is 0 Å². The van der Waals surface area contributed by atoms with E-state index in [1.165, 1.54) is 127 Å². The van der Waals surface area contributed by atoms with Gasteiger partial charge in [-0.05, 0) is 38.5 Å². The van der Waals surface area contributed by atoms with E-state index in [1.807, 2.05) is 24.3 Å². The number of thioether (sulfide) groups is 1. The Morgan fingerprint density at radius 1 is 0.661 bits per heavy atom. The summed E-state index contributed by atoms with van der Waals surface area (Å²) < 4.78 is 26.6. The third-order valence-corrected chi connectivity index (χ3v) is 12.2. The Morgan fingerprint density at radius 2 is 1.19 bits per heavy atom. The second-order valence-corrected chi connectivity index (χ2v) is 18.8. The number of aliphatic hydroxyl groups excluding tert-OH is 1. The number of unbranched alkanes of at least 4 members (excludes halogenated alkanes) is 21. The zero-order chi connectivity index (χ0) is 45.9. The fourth-order valence-corrected chi connectivity index (χ4v) is 8.11. The van der Waals surface area contributed by atoms with Gasteiger partial charge in [0.1, 0.15) is 12.6 Å². The first-order valence-corrected chi connectivity index (χ1v) is 26.5. The molecule has 62 heavy (non-hydrogen) atoms. The Kier molecular flexibility index (Phi) is 41.1. The summed E-state index contributed by atoms with van der Waals surface area (Å²) >= 11 is 1.18. The highest BCUT2D eigenvalue weighted by Gasteiger charge is 2.27. The minimum absolute atomic E-state index is 0.00327. The predicted molar refractivity (Wildman–Crippen MR) is 254 cm³/mol. The molecular weight excluding hydrogens is 830 g/mol. The molecule has 0 saturated carbocycles. The van der Waals surface area contributed by atoms with Crippen molar-refractivity contribution < 1.29 is 52.9 Å². The van der Waals surface area contributed by atoms with Gasteiger partial charge in [-0.15, -0.1) is 11.8 Å². The van der Waals surface area contributed by atoms with Crippen LogP contribution in [0.3, 0.4) is 0 Å². The maximum absolute atomic E-state index is 13.0. The number of carbonyl (C=O) groups excluding carboxylic acids is 2. The van der Waals surface area contributed by atoms with E-state index < -0.39 is 62.4 Å². The van der Waals surface area contributed by atoms with Crippen LogP contribution in [0, 0.1) is 0 Å². The van der Waals surface area contributed by atoms with Crippen molar-refractivity contribution >= 4 is 37.5 Å². The van der Waals surface area contributed by atoms with Crippen molar-refractivity contribution in [2.75, 3.05) is 19.0 Å². The number of ether oxygens (including phenoxy) is 2. The molecule has 0 aromatic heterocycles. The smallest absolute Gasteiger partial charge is 0.469 e. The van der Waals surface area contributed by atoms with E-state index in [2.05, 4.69) is 30.5 Å². The summed E-state index contributed by atoms with van der Waals surface area (Å²) in [6.07, 6.45) is 43.0. The Labute approximate surface area is 379 Å². The zero-order valence-corrected chi connectivity index (χ0v) is 40.1. The molecule has 0 fully saturated rings. The van der Waals surface area contributed by atoms with Crippen LogP contribution in [0.4, 0.5) is 0 Å². The first-order valence-electron chi connectivity index (χ1n) is 23.9. The maximum Gasteiger partial charge on any atom is 0.469 e. The fourth-order valence-electron chi connectivity index (χ4n) is 6.62. The number of rotatable bonds is 44.